The van der Waals surface area contributed by atoms with Crippen LogP contribution in [0.5, 0.6) is 0 Å². The molecule has 2 heterocycles. The van der Waals surface area contributed by atoms with Gasteiger partial charge in [0.1, 0.15) is 11.6 Å². The Morgan fingerprint density at radius 1 is 1.00 bits per heavy atom. The van der Waals surface area contributed by atoms with Crippen molar-refractivity contribution < 1.29 is 4.39 Å². The van der Waals surface area contributed by atoms with Crippen LogP contribution >= 0.6 is 0 Å². The highest BCUT2D eigenvalue weighted by Gasteiger charge is 2.12. The molecule has 4 aromatic rings. The Labute approximate surface area is 155 Å². The maximum atomic E-state index is 14.0. The zero-order valence-corrected chi connectivity index (χ0v) is 14.6. The van der Waals surface area contributed by atoms with Crippen molar-refractivity contribution in [3.63, 3.8) is 0 Å². The molecule has 4 rings (SSSR count). The summed E-state index contributed by atoms with van der Waals surface area (Å²) in [6, 6.07) is 15.7. The van der Waals surface area contributed by atoms with E-state index in [0.717, 1.165) is 11.3 Å². The first-order valence-corrected chi connectivity index (χ1v) is 8.50. The van der Waals surface area contributed by atoms with Gasteiger partial charge in [0.2, 0.25) is 0 Å². The van der Waals surface area contributed by atoms with Gasteiger partial charge in [-0.1, -0.05) is 36.4 Å². The zero-order chi connectivity index (χ0) is 18.8. The number of aromatic nitrogens is 3. The summed E-state index contributed by atoms with van der Waals surface area (Å²) in [6.45, 7) is 1.93. The van der Waals surface area contributed by atoms with Gasteiger partial charge in [0.25, 0.3) is 5.56 Å². The fourth-order valence-corrected chi connectivity index (χ4v) is 2.99. The molecule has 0 saturated carbocycles. The van der Waals surface area contributed by atoms with Crippen molar-refractivity contribution in [2.75, 3.05) is 0 Å². The molecule has 2 aromatic carbocycles. The molecule has 0 amide bonds. The average Bonchev–Trinajstić information content (AvgIpc) is 2.68. The maximum absolute atomic E-state index is 14.0. The predicted octanol–water partition coefficient (Wildman–Crippen LogP) is 4.40. The quantitative estimate of drug-likeness (QED) is 0.546. The number of para-hydroxylation sites is 1. The van der Waals surface area contributed by atoms with Crippen LogP contribution < -0.4 is 5.56 Å². The van der Waals surface area contributed by atoms with E-state index in [2.05, 4.69) is 9.97 Å². The number of hydrogen-bond acceptors (Lipinski definition) is 3. The molecule has 0 radical (unpaired) electrons. The van der Waals surface area contributed by atoms with Crippen molar-refractivity contribution in [1.29, 1.82) is 0 Å². The van der Waals surface area contributed by atoms with Crippen LogP contribution in [0.2, 0.25) is 0 Å². The van der Waals surface area contributed by atoms with E-state index in [1.165, 1.54) is 6.07 Å². The van der Waals surface area contributed by atoms with E-state index in [9.17, 15) is 9.18 Å². The molecule has 0 unspecified atom stereocenters. The van der Waals surface area contributed by atoms with Gasteiger partial charge in [-0.25, -0.2) is 9.37 Å². The molecule has 0 aliphatic heterocycles. The lowest BCUT2D eigenvalue weighted by Crippen LogP contribution is -2.23. The van der Waals surface area contributed by atoms with Crippen molar-refractivity contribution in [1.82, 2.24) is 14.5 Å². The highest BCUT2D eigenvalue weighted by atomic mass is 19.1. The third-order valence-corrected chi connectivity index (χ3v) is 4.37. The summed E-state index contributed by atoms with van der Waals surface area (Å²) in [5, 5.41) is 0.483. The van der Waals surface area contributed by atoms with Gasteiger partial charge in [-0.2, -0.15) is 0 Å². The molecule has 132 valence electrons. The van der Waals surface area contributed by atoms with Gasteiger partial charge in [-0.15, -0.1) is 0 Å². The van der Waals surface area contributed by atoms with Crippen molar-refractivity contribution in [2.45, 2.75) is 6.92 Å². The lowest BCUT2D eigenvalue weighted by atomic mass is 10.1. The van der Waals surface area contributed by atoms with Gasteiger partial charge in [-0.3, -0.25) is 14.3 Å². The van der Waals surface area contributed by atoms with Crippen LogP contribution in [-0.4, -0.2) is 14.5 Å². The Hall–Kier alpha value is -3.60. The second-order valence-corrected chi connectivity index (χ2v) is 6.14. The summed E-state index contributed by atoms with van der Waals surface area (Å²) in [7, 11) is 0. The predicted molar refractivity (Wildman–Crippen MR) is 105 cm³/mol. The Morgan fingerprint density at radius 3 is 2.59 bits per heavy atom. The fraction of sp³-hybridized carbons (Fsp3) is 0.0455. The first kappa shape index (κ1) is 16.8. The van der Waals surface area contributed by atoms with E-state index in [0.29, 0.717) is 22.3 Å². The van der Waals surface area contributed by atoms with Gasteiger partial charge in [0.15, 0.2) is 0 Å². The second kappa shape index (κ2) is 6.96. The maximum Gasteiger partial charge on any atom is 0.266 e. The van der Waals surface area contributed by atoms with Gasteiger partial charge < -0.3 is 0 Å². The first-order valence-electron chi connectivity index (χ1n) is 8.50. The molecule has 0 saturated heterocycles. The topological polar surface area (TPSA) is 47.8 Å². The molecule has 0 aliphatic carbocycles. The highest BCUT2D eigenvalue weighted by molar-refractivity contribution is 5.79. The highest BCUT2D eigenvalue weighted by Crippen LogP contribution is 2.18. The van der Waals surface area contributed by atoms with Gasteiger partial charge in [-0.05, 0) is 42.8 Å². The number of nitrogens with zero attached hydrogens (tertiary/aromatic N) is 3. The van der Waals surface area contributed by atoms with E-state index < -0.39 is 0 Å². The summed E-state index contributed by atoms with van der Waals surface area (Å²) in [4.78, 5) is 21.8. The summed E-state index contributed by atoms with van der Waals surface area (Å²) in [5.74, 6) is 0.0825. The van der Waals surface area contributed by atoms with Crippen LogP contribution in [0.25, 0.3) is 28.7 Å². The van der Waals surface area contributed by atoms with Gasteiger partial charge in [0, 0.05) is 11.8 Å². The van der Waals surface area contributed by atoms with Gasteiger partial charge >= 0.3 is 0 Å². The minimum Gasteiger partial charge on any atom is -0.268 e. The largest absolute Gasteiger partial charge is 0.268 e. The number of aryl methyl sites for hydroxylation is 1. The third kappa shape index (κ3) is 3.15. The molecule has 0 fully saturated rings. The van der Waals surface area contributed by atoms with E-state index in [1.807, 2.05) is 31.2 Å². The molecule has 0 spiro atoms. The standard InChI is InChI=1S/C22H16FN3O/c1-15-6-2-5-9-20(15)26-21(11-10-16-7-3-4-8-18(16)23)25-19-14-24-13-12-17(19)22(26)27/h2-14H,1H3. The SMILES string of the molecule is Cc1ccccc1-n1c(C=Cc2ccccc2F)nc2cnccc2c1=O. The Kier molecular flexibility index (Phi) is 4.34. The Bertz CT molecular complexity index is 1230. The number of pyridine rings is 1. The van der Waals surface area contributed by atoms with Crippen molar-refractivity contribution >= 4 is 23.1 Å². The zero-order valence-electron chi connectivity index (χ0n) is 14.6. The average molecular weight is 357 g/mol. The molecule has 2 aromatic heterocycles. The normalized spacial score (nSPS) is 11.3. The summed E-state index contributed by atoms with van der Waals surface area (Å²) < 4.78 is 15.5. The number of rotatable bonds is 3. The molecular formula is C22H16FN3O. The van der Waals surface area contributed by atoms with E-state index >= 15 is 0 Å². The van der Waals surface area contributed by atoms with Crippen molar-refractivity contribution in [2.24, 2.45) is 0 Å². The Morgan fingerprint density at radius 2 is 1.78 bits per heavy atom. The molecule has 5 heteroatoms. The van der Waals surface area contributed by atoms with Gasteiger partial charge in [0.05, 0.1) is 22.8 Å². The van der Waals surface area contributed by atoms with Crippen LogP contribution in [0.3, 0.4) is 0 Å². The molecular weight excluding hydrogens is 341 g/mol. The Balaban J connectivity index is 1.99. The summed E-state index contributed by atoms with van der Waals surface area (Å²) >= 11 is 0. The monoisotopic (exact) mass is 357 g/mol. The lowest BCUT2D eigenvalue weighted by molar-refractivity contribution is 0.625. The van der Waals surface area contributed by atoms with Crippen LogP contribution in [0.1, 0.15) is 17.0 Å². The van der Waals surface area contributed by atoms with E-state index in [-0.39, 0.29) is 11.4 Å². The van der Waals surface area contributed by atoms with Crippen LogP contribution in [0.4, 0.5) is 4.39 Å². The van der Waals surface area contributed by atoms with E-state index in [4.69, 9.17) is 0 Å². The number of halogens is 1. The van der Waals surface area contributed by atoms with E-state index in [1.54, 1.807) is 53.4 Å². The molecule has 0 bridgehead atoms. The number of benzene rings is 2. The third-order valence-electron chi connectivity index (χ3n) is 4.37. The summed E-state index contributed by atoms with van der Waals surface area (Å²) in [5.41, 5.74) is 2.41. The minimum atomic E-state index is -0.332. The molecule has 0 N–H and O–H groups in total. The smallest absolute Gasteiger partial charge is 0.266 e. The summed E-state index contributed by atoms with van der Waals surface area (Å²) in [6.07, 6.45) is 6.40. The first-order chi connectivity index (χ1) is 13.1. The fourth-order valence-electron chi connectivity index (χ4n) is 2.99. The molecule has 0 aliphatic rings. The minimum absolute atomic E-state index is 0.190. The molecule has 27 heavy (non-hydrogen) atoms. The van der Waals surface area contributed by atoms with Crippen molar-refractivity contribution in [3.05, 3.63) is 100 Å². The van der Waals surface area contributed by atoms with Crippen LogP contribution in [0.15, 0.2) is 71.8 Å². The van der Waals surface area contributed by atoms with Crippen molar-refractivity contribution in [3.8, 4) is 5.69 Å². The molecule has 4 nitrogen and oxygen atoms in total. The van der Waals surface area contributed by atoms with Crippen LogP contribution in [0, 0.1) is 12.7 Å². The second-order valence-electron chi connectivity index (χ2n) is 6.14. The number of hydrogen-bond donors (Lipinski definition) is 0. The number of fused-ring (bicyclic) bond motifs is 1. The molecule has 0 atom stereocenters. The lowest BCUT2D eigenvalue weighted by Gasteiger charge is -2.13. The van der Waals surface area contributed by atoms with Crippen LogP contribution in [-0.2, 0) is 0 Å².